The third-order valence-corrected chi connectivity index (χ3v) is 3.14. The van der Waals surface area contributed by atoms with Crippen LogP contribution in [0.15, 0.2) is 24.4 Å². The average molecular weight is 237 g/mol. The Balaban J connectivity index is 2.44. The van der Waals surface area contributed by atoms with Gasteiger partial charge in [0.1, 0.15) is 5.82 Å². The summed E-state index contributed by atoms with van der Waals surface area (Å²) in [4.78, 5) is 0.909. The van der Waals surface area contributed by atoms with Crippen LogP contribution in [0.3, 0.4) is 0 Å². The highest BCUT2D eigenvalue weighted by Gasteiger charge is 2.18. The summed E-state index contributed by atoms with van der Waals surface area (Å²) in [7, 11) is 1.80. The Kier molecular flexibility index (Phi) is 3.26. The number of rotatable bonds is 3. The van der Waals surface area contributed by atoms with Crippen LogP contribution in [0.1, 0.15) is 22.0 Å². The normalized spacial score (nSPS) is 12.7. The van der Waals surface area contributed by atoms with Crippen molar-refractivity contribution in [2.24, 2.45) is 0 Å². The molecule has 1 unspecified atom stereocenters. The lowest BCUT2D eigenvalue weighted by Gasteiger charge is -2.15. The molecule has 1 aromatic carbocycles. The summed E-state index contributed by atoms with van der Waals surface area (Å²) in [5, 5.41) is 6.85. The number of benzene rings is 1. The van der Waals surface area contributed by atoms with E-state index in [4.69, 9.17) is 0 Å². The Hall–Kier alpha value is -1.33. The molecule has 84 valence electrons. The van der Waals surface area contributed by atoms with E-state index < -0.39 is 0 Å². The zero-order valence-corrected chi connectivity index (χ0v) is 9.88. The molecule has 16 heavy (non-hydrogen) atoms. The molecule has 5 heteroatoms. The number of aryl methyl sites for hydroxylation is 1. The molecule has 0 aliphatic rings. The fourth-order valence-corrected chi connectivity index (χ4v) is 2.27. The molecule has 0 amide bonds. The fraction of sp³-hybridized carbons (Fsp3) is 0.273. The topological polar surface area (TPSA) is 37.8 Å². The molecule has 3 nitrogen and oxygen atoms in total. The van der Waals surface area contributed by atoms with E-state index in [0.29, 0.717) is 5.56 Å². The van der Waals surface area contributed by atoms with Gasteiger partial charge in [-0.25, -0.2) is 4.39 Å². The molecular formula is C11H12FN3S. The molecule has 0 aliphatic heterocycles. The van der Waals surface area contributed by atoms with Gasteiger partial charge in [-0.15, -0.1) is 5.10 Å². The summed E-state index contributed by atoms with van der Waals surface area (Å²) < 4.78 is 17.5. The van der Waals surface area contributed by atoms with Crippen molar-refractivity contribution in [2.45, 2.75) is 13.0 Å². The first kappa shape index (κ1) is 11.2. The van der Waals surface area contributed by atoms with Crippen LogP contribution in [-0.4, -0.2) is 16.6 Å². The fourth-order valence-electron chi connectivity index (χ4n) is 1.64. The van der Waals surface area contributed by atoms with Gasteiger partial charge in [0.2, 0.25) is 0 Å². The van der Waals surface area contributed by atoms with E-state index >= 15 is 0 Å². The zero-order chi connectivity index (χ0) is 11.5. The predicted molar refractivity (Wildman–Crippen MR) is 61.9 cm³/mol. The molecule has 2 rings (SSSR count). The predicted octanol–water partition coefficient (Wildman–Crippen LogP) is 2.29. The van der Waals surface area contributed by atoms with E-state index in [2.05, 4.69) is 14.9 Å². The Labute approximate surface area is 97.5 Å². The number of hydrogen-bond acceptors (Lipinski definition) is 4. The second-order valence-corrected chi connectivity index (χ2v) is 4.38. The summed E-state index contributed by atoms with van der Waals surface area (Å²) in [5.74, 6) is -0.210. The van der Waals surface area contributed by atoms with Gasteiger partial charge in [0, 0.05) is 5.56 Å². The van der Waals surface area contributed by atoms with Gasteiger partial charge in [-0.3, -0.25) is 0 Å². The molecular weight excluding hydrogens is 225 g/mol. The monoisotopic (exact) mass is 237 g/mol. The molecule has 0 spiro atoms. The first-order chi connectivity index (χ1) is 7.72. The maximum atomic E-state index is 13.7. The molecule has 1 heterocycles. The van der Waals surface area contributed by atoms with Crippen LogP contribution in [0.2, 0.25) is 0 Å². The highest BCUT2D eigenvalue weighted by Crippen LogP contribution is 2.26. The van der Waals surface area contributed by atoms with E-state index in [1.54, 1.807) is 19.3 Å². The van der Waals surface area contributed by atoms with Crippen molar-refractivity contribution in [2.75, 3.05) is 7.05 Å². The summed E-state index contributed by atoms with van der Waals surface area (Å²) >= 11 is 1.27. The Morgan fingerprint density at radius 3 is 2.88 bits per heavy atom. The lowest BCUT2D eigenvalue weighted by atomic mass is 10.0. The molecule has 0 fully saturated rings. The number of nitrogens with one attached hydrogen (secondary N) is 1. The third-order valence-electron chi connectivity index (χ3n) is 2.41. The lowest BCUT2D eigenvalue weighted by molar-refractivity contribution is 0.578. The minimum absolute atomic E-state index is 0.181. The van der Waals surface area contributed by atoms with Crippen LogP contribution in [0, 0.1) is 12.7 Å². The van der Waals surface area contributed by atoms with Crippen molar-refractivity contribution in [3.8, 4) is 0 Å². The standard InChI is InChI=1S/C11H12FN3S/c1-7-3-4-9(12)8(5-7)11(13-2)10-6-14-15-16-10/h3-6,11,13H,1-2H3. The number of aromatic nitrogens is 2. The number of nitrogens with zero attached hydrogens (tertiary/aromatic N) is 2. The zero-order valence-electron chi connectivity index (χ0n) is 9.07. The van der Waals surface area contributed by atoms with E-state index in [9.17, 15) is 4.39 Å². The van der Waals surface area contributed by atoms with Crippen molar-refractivity contribution in [3.05, 3.63) is 46.2 Å². The van der Waals surface area contributed by atoms with Gasteiger partial charge in [-0.1, -0.05) is 22.2 Å². The molecule has 0 saturated carbocycles. The van der Waals surface area contributed by atoms with Crippen LogP contribution in [0.5, 0.6) is 0 Å². The van der Waals surface area contributed by atoms with Crippen molar-refractivity contribution < 1.29 is 4.39 Å². The minimum atomic E-state index is -0.210. The highest BCUT2D eigenvalue weighted by molar-refractivity contribution is 7.05. The summed E-state index contributed by atoms with van der Waals surface area (Å²) in [6.45, 7) is 1.95. The molecule has 1 N–H and O–H groups in total. The minimum Gasteiger partial charge on any atom is -0.308 e. The largest absolute Gasteiger partial charge is 0.308 e. The first-order valence-electron chi connectivity index (χ1n) is 4.93. The average Bonchev–Trinajstić information content (AvgIpc) is 2.78. The van der Waals surface area contributed by atoms with Gasteiger partial charge in [0.15, 0.2) is 0 Å². The van der Waals surface area contributed by atoms with Gasteiger partial charge in [0.25, 0.3) is 0 Å². The quantitative estimate of drug-likeness (QED) is 0.890. The molecule has 0 bridgehead atoms. The second-order valence-electron chi connectivity index (χ2n) is 3.57. The third kappa shape index (κ3) is 2.10. The van der Waals surface area contributed by atoms with E-state index in [1.165, 1.54) is 17.6 Å². The molecule has 0 aliphatic carbocycles. The van der Waals surface area contributed by atoms with Gasteiger partial charge in [0.05, 0.1) is 17.1 Å². The lowest BCUT2D eigenvalue weighted by Crippen LogP contribution is -2.18. The van der Waals surface area contributed by atoms with Crippen LogP contribution in [-0.2, 0) is 0 Å². The Bertz CT molecular complexity index is 470. The van der Waals surface area contributed by atoms with Crippen LogP contribution < -0.4 is 5.32 Å². The molecule has 0 saturated heterocycles. The van der Waals surface area contributed by atoms with Crippen molar-refractivity contribution in [1.82, 2.24) is 14.9 Å². The highest BCUT2D eigenvalue weighted by atomic mass is 32.1. The SMILES string of the molecule is CNC(c1cnns1)c1cc(C)ccc1F. The maximum absolute atomic E-state index is 13.7. The number of hydrogen-bond donors (Lipinski definition) is 1. The van der Waals surface area contributed by atoms with Crippen molar-refractivity contribution in [3.63, 3.8) is 0 Å². The molecule has 1 atom stereocenters. The Morgan fingerprint density at radius 1 is 1.44 bits per heavy atom. The van der Waals surface area contributed by atoms with Gasteiger partial charge >= 0.3 is 0 Å². The molecule has 0 radical (unpaired) electrons. The summed E-state index contributed by atoms with van der Waals surface area (Å²) in [5.41, 5.74) is 1.67. The van der Waals surface area contributed by atoms with Crippen LogP contribution in [0.4, 0.5) is 4.39 Å². The van der Waals surface area contributed by atoms with E-state index in [0.717, 1.165) is 10.4 Å². The Morgan fingerprint density at radius 2 is 2.25 bits per heavy atom. The summed E-state index contributed by atoms with van der Waals surface area (Å²) in [6.07, 6.45) is 1.66. The maximum Gasteiger partial charge on any atom is 0.128 e. The molecule has 2 aromatic rings. The van der Waals surface area contributed by atoms with Crippen molar-refractivity contribution >= 4 is 11.5 Å². The summed E-state index contributed by atoms with van der Waals surface area (Å²) in [6, 6.07) is 4.91. The van der Waals surface area contributed by atoms with E-state index in [-0.39, 0.29) is 11.9 Å². The van der Waals surface area contributed by atoms with Gasteiger partial charge < -0.3 is 5.32 Å². The van der Waals surface area contributed by atoms with Crippen LogP contribution >= 0.6 is 11.5 Å². The second kappa shape index (κ2) is 4.67. The number of halogens is 1. The van der Waals surface area contributed by atoms with Crippen LogP contribution in [0.25, 0.3) is 0 Å². The van der Waals surface area contributed by atoms with E-state index in [1.807, 2.05) is 13.0 Å². The van der Waals surface area contributed by atoms with Gasteiger partial charge in [-0.2, -0.15) is 0 Å². The first-order valence-corrected chi connectivity index (χ1v) is 5.70. The smallest absolute Gasteiger partial charge is 0.128 e. The van der Waals surface area contributed by atoms with Gasteiger partial charge in [-0.05, 0) is 31.6 Å². The van der Waals surface area contributed by atoms with Crippen molar-refractivity contribution in [1.29, 1.82) is 0 Å². The molecule has 1 aromatic heterocycles.